The summed E-state index contributed by atoms with van der Waals surface area (Å²) in [5.41, 5.74) is 0.827. The summed E-state index contributed by atoms with van der Waals surface area (Å²) in [7, 11) is 3.21. The average molecular weight is 509 g/mol. The molecule has 0 bridgehead atoms. The highest BCUT2D eigenvalue weighted by Crippen LogP contribution is 2.30. The summed E-state index contributed by atoms with van der Waals surface area (Å²) in [6.45, 7) is 2.74. The number of thioether (sulfide) groups is 1. The molecule has 0 saturated heterocycles. The molecule has 0 spiro atoms. The van der Waals surface area contributed by atoms with Crippen molar-refractivity contribution in [2.75, 3.05) is 20.8 Å². The number of aromatic nitrogens is 3. The summed E-state index contributed by atoms with van der Waals surface area (Å²) >= 11 is 1.42. The number of halogens is 3. The molecule has 3 rings (SSSR count). The minimum atomic E-state index is -4.44. The average Bonchev–Trinajstić information content (AvgIpc) is 3.24. The molecule has 0 aliphatic rings. The lowest BCUT2D eigenvalue weighted by Crippen LogP contribution is -2.24. The van der Waals surface area contributed by atoms with Crippen molar-refractivity contribution in [2.24, 2.45) is 0 Å². The molecule has 1 amide bonds. The van der Waals surface area contributed by atoms with Crippen molar-refractivity contribution < 1.29 is 27.4 Å². The van der Waals surface area contributed by atoms with E-state index in [1.165, 1.54) is 17.8 Å². The van der Waals surface area contributed by atoms with Gasteiger partial charge in [0.1, 0.15) is 6.61 Å². The lowest BCUT2D eigenvalue weighted by atomic mass is 10.1. The molecule has 1 atom stereocenters. The minimum Gasteiger partial charge on any atom is -0.383 e. The number of alkyl halides is 3. The van der Waals surface area contributed by atoms with E-state index in [2.05, 4.69) is 15.5 Å². The molecular formula is C24H27F3N4O3S. The molecule has 1 aromatic heterocycles. The number of carbonyl (C=O) groups excluding carboxylic acids is 1. The van der Waals surface area contributed by atoms with E-state index >= 15 is 0 Å². The highest BCUT2D eigenvalue weighted by Gasteiger charge is 2.30. The van der Waals surface area contributed by atoms with Crippen LogP contribution in [0.25, 0.3) is 0 Å². The number of amides is 1. The van der Waals surface area contributed by atoms with E-state index in [0.717, 1.165) is 17.7 Å². The zero-order valence-electron chi connectivity index (χ0n) is 19.6. The summed E-state index contributed by atoms with van der Waals surface area (Å²) in [5, 5.41) is 11.9. The van der Waals surface area contributed by atoms with Crippen LogP contribution in [0.1, 0.15) is 45.8 Å². The van der Waals surface area contributed by atoms with E-state index in [0.29, 0.717) is 41.1 Å². The van der Waals surface area contributed by atoms with E-state index in [1.54, 1.807) is 32.4 Å². The predicted molar refractivity (Wildman–Crippen MR) is 126 cm³/mol. The van der Waals surface area contributed by atoms with Gasteiger partial charge in [-0.25, -0.2) is 0 Å². The Kier molecular flexibility index (Phi) is 9.30. The maximum atomic E-state index is 13.0. The van der Waals surface area contributed by atoms with Gasteiger partial charge >= 0.3 is 6.18 Å². The number of hydrogen-bond acceptors (Lipinski definition) is 6. The highest BCUT2D eigenvalue weighted by molar-refractivity contribution is 7.98. The summed E-state index contributed by atoms with van der Waals surface area (Å²) in [4.78, 5) is 12.9. The van der Waals surface area contributed by atoms with Gasteiger partial charge in [-0.1, -0.05) is 42.1 Å². The molecule has 0 unspecified atom stereocenters. The van der Waals surface area contributed by atoms with Crippen LogP contribution in [-0.4, -0.2) is 41.5 Å². The summed E-state index contributed by atoms with van der Waals surface area (Å²) in [5.74, 6) is 0.748. The first kappa shape index (κ1) is 26.7. The van der Waals surface area contributed by atoms with E-state index in [4.69, 9.17) is 9.47 Å². The van der Waals surface area contributed by atoms with Crippen LogP contribution in [-0.2, 0) is 34.6 Å². The standard InChI is InChI=1S/C24H27F3N4O3S/c1-16(13-33-2)31-21(14-34-3)29-30-23(31)35-15-18-8-4-5-10-20(18)22(32)28-12-17-7-6-9-19(11-17)24(25,26)27/h4-11,16H,12-15H2,1-3H3,(H,28,32)/t16-/m0/s1. The first-order valence-corrected chi connectivity index (χ1v) is 11.8. The molecule has 0 aliphatic heterocycles. The quantitative estimate of drug-likeness (QED) is 0.372. The Hall–Kier alpha value is -2.89. The molecule has 2 aromatic carbocycles. The van der Waals surface area contributed by atoms with Gasteiger partial charge in [0.15, 0.2) is 11.0 Å². The zero-order valence-corrected chi connectivity index (χ0v) is 20.4. The number of nitrogens with one attached hydrogen (secondary N) is 1. The monoisotopic (exact) mass is 508 g/mol. The Morgan fingerprint density at radius 1 is 1.11 bits per heavy atom. The predicted octanol–water partition coefficient (Wildman–Crippen LogP) is 4.87. The van der Waals surface area contributed by atoms with Gasteiger partial charge in [-0.05, 0) is 36.2 Å². The third-order valence-corrected chi connectivity index (χ3v) is 6.18. The Bertz CT molecular complexity index is 1140. The van der Waals surface area contributed by atoms with Gasteiger partial charge in [0.25, 0.3) is 5.91 Å². The largest absolute Gasteiger partial charge is 0.416 e. The third-order valence-electron chi connectivity index (χ3n) is 5.18. The maximum Gasteiger partial charge on any atom is 0.416 e. The molecule has 0 aliphatic carbocycles. The molecule has 11 heteroatoms. The number of ether oxygens (including phenoxy) is 2. The van der Waals surface area contributed by atoms with E-state index in [-0.39, 0.29) is 18.5 Å². The molecule has 0 saturated carbocycles. The van der Waals surface area contributed by atoms with Crippen LogP contribution in [0.3, 0.4) is 0 Å². The van der Waals surface area contributed by atoms with Crippen LogP contribution < -0.4 is 5.32 Å². The van der Waals surface area contributed by atoms with Crippen molar-refractivity contribution in [3.05, 3.63) is 76.6 Å². The minimum absolute atomic E-state index is 0.0198. The fraction of sp³-hybridized carbons (Fsp3) is 0.375. The zero-order chi connectivity index (χ0) is 25.4. The van der Waals surface area contributed by atoms with Crippen molar-refractivity contribution in [3.8, 4) is 0 Å². The smallest absolute Gasteiger partial charge is 0.383 e. The van der Waals surface area contributed by atoms with Gasteiger partial charge in [-0.15, -0.1) is 10.2 Å². The molecule has 1 N–H and O–H groups in total. The van der Waals surface area contributed by atoms with Crippen molar-refractivity contribution in [1.82, 2.24) is 20.1 Å². The van der Waals surface area contributed by atoms with Gasteiger partial charge in [-0.2, -0.15) is 13.2 Å². The number of benzene rings is 2. The Morgan fingerprint density at radius 3 is 2.60 bits per heavy atom. The lowest BCUT2D eigenvalue weighted by molar-refractivity contribution is -0.137. The number of methoxy groups -OCH3 is 2. The topological polar surface area (TPSA) is 78.3 Å². The van der Waals surface area contributed by atoms with E-state index in [9.17, 15) is 18.0 Å². The van der Waals surface area contributed by atoms with Crippen LogP contribution in [0.5, 0.6) is 0 Å². The molecule has 188 valence electrons. The second kappa shape index (κ2) is 12.2. The SMILES string of the molecule is COCc1nnc(SCc2ccccc2C(=O)NCc2cccc(C(F)(F)F)c2)n1[C@@H](C)COC. The van der Waals surface area contributed by atoms with Crippen LogP contribution in [0.15, 0.2) is 53.7 Å². The van der Waals surface area contributed by atoms with Crippen molar-refractivity contribution in [2.45, 2.75) is 43.2 Å². The highest BCUT2D eigenvalue weighted by atomic mass is 32.2. The van der Waals surface area contributed by atoms with Crippen molar-refractivity contribution in [3.63, 3.8) is 0 Å². The molecule has 0 radical (unpaired) electrons. The summed E-state index contributed by atoms with van der Waals surface area (Å²) < 4.78 is 51.3. The Balaban J connectivity index is 1.72. The van der Waals surface area contributed by atoms with Crippen molar-refractivity contribution >= 4 is 17.7 Å². The van der Waals surface area contributed by atoms with Crippen LogP contribution >= 0.6 is 11.8 Å². The number of rotatable bonds is 11. The van der Waals surface area contributed by atoms with Gasteiger partial charge in [0, 0.05) is 32.1 Å². The molecule has 3 aromatic rings. The summed E-state index contributed by atoms with van der Waals surface area (Å²) in [6.07, 6.45) is -4.44. The van der Waals surface area contributed by atoms with Gasteiger partial charge in [0.2, 0.25) is 0 Å². The van der Waals surface area contributed by atoms with Crippen LogP contribution in [0.4, 0.5) is 13.2 Å². The third kappa shape index (κ3) is 7.06. The number of nitrogens with zero attached hydrogens (tertiary/aromatic N) is 3. The van der Waals surface area contributed by atoms with Crippen LogP contribution in [0, 0.1) is 0 Å². The lowest BCUT2D eigenvalue weighted by Gasteiger charge is -2.17. The molecule has 7 nitrogen and oxygen atoms in total. The molecule has 1 heterocycles. The van der Waals surface area contributed by atoms with Crippen molar-refractivity contribution in [1.29, 1.82) is 0 Å². The second-order valence-electron chi connectivity index (χ2n) is 7.83. The number of carbonyl (C=O) groups is 1. The fourth-order valence-electron chi connectivity index (χ4n) is 3.54. The maximum absolute atomic E-state index is 13.0. The Labute approximate surface area is 206 Å². The van der Waals surface area contributed by atoms with E-state index in [1.807, 2.05) is 23.6 Å². The van der Waals surface area contributed by atoms with Crippen LogP contribution in [0.2, 0.25) is 0 Å². The first-order chi connectivity index (χ1) is 16.7. The van der Waals surface area contributed by atoms with Gasteiger partial charge < -0.3 is 14.8 Å². The molecular weight excluding hydrogens is 481 g/mol. The fourth-order valence-corrected chi connectivity index (χ4v) is 4.60. The summed E-state index contributed by atoms with van der Waals surface area (Å²) in [6, 6.07) is 12.0. The Morgan fingerprint density at radius 2 is 1.89 bits per heavy atom. The van der Waals surface area contributed by atoms with E-state index < -0.39 is 11.7 Å². The van der Waals surface area contributed by atoms with Gasteiger partial charge in [-0.3, -0.25) is 9.36 Å². The normalized spacial score (nSPS) is 12.5. The molecule has 0 fully saturated rings. The second-order valence-corrected chi connectivity index (χ2v) is 8.78. The van der Waals surface area contributed by atoms with Gasteiger partial charge in [0.05, 0.1) is 18.2 Å². The first-order valence-electron chi connectivity index (χ1n) is 10.8. The molecule has 35 heavy (non-hydrogen) atoms. The number of hydrogen-bond donors (Lipinski definition) is 1.